The number of hydrogen-bond donors (Lipinski definition) is 1. The van der Waals surface area contributed by atoms with Gasteiger partial charge in [0.25, 0.3) is 0 Å². The summed E-state index contributed by atoms with van der Waals surface area (Å²) in [5.41, 5.74) is 6.56. The maximum atomic E-state index is 5.37. The third kappa shape index (κ3) is 2.26. The molecule has 1 rings (SSSR count). The molecule has 1 aromatic rings. The lowest BCUT2D eigenvalue weighted by Crippen LogP contribution is -1.93. The summed E-state index contributed by atoms with van der Waals surface area (Å²) in [5, 5.41) is 2.02. The monoisotopic (exact) mass is 227 g/mol. The van der Waals surface area contributed by atoms with Crippen molar-refractivity contribution in [2.75, 3.05) is 0 Å². The Labute approximate surface area is 72.8 Å². The fraction of sp³-hybridized carbons (Fsp3) is 0.200. The van der Waals surface area contributed by atoms with Crippen LogP contribution in [0.15, 0.2) is 15.2 Å². The summed E-state index contributed by atoms with van der Waals surface area (Å²) in [4.78, 5) is 0. The van der Waals surface area contributed by atoms with Crippen LogP contribution >= 0.6 is 39.7 Å². The summed E-state index contributed by atoms with van der Waals surface area (Å²) >= 11 is 5.03. The molecule has 0 saturated heterocycles. The Morgan fingerprint density at radius 3 is 2.56 bits per heavy atom. The highest BCUT2D eigenvalue weighted by Gasteiger charge is 1.94. The largest absolute Gasteiger partial charge is 0.326 e. The zero-order chi connectivity index (χ0) is 5.98. The van der Waals surface area contributed by atoms with Crippen LogP contribution in [0, 0.1) is 0 Å². The molecular weight excluding hydrogens is 221 g/mol. The van der Waals surface area contributed by atoms with E-state index in [2.05, 4.69) is 15.9 Å². The van der Waals surface area contributed by atoms with Crippen molar-refractivity contribution in [1.82, 2.24) is 0 Å². The first-order chi connectivity index (χ1) is 3.84. The molecular formula is C5H7BrClNS. The molecule has 0 unspecified atom stereocenters. The van der Waals surface area contributed by atoms with Crippen molar-refractivity contribution in [3.05, 3.63) is 20.8 Å². The molecule has 0 spiro atoms. The minimum atomic E-state index is 0. The van der Waals surface area contributed by atoms with Gasteiger partial charge >= 0.3 is 0 Å². The zero-order valence-electron chi connectivity index (χ0n) is 4.63. The smallest absolute Gasteiger partial charge is 0.0743 e. The van der Waals surface area contributed by atoms with Gasteiger partial charge < -0.3 is 5.73 Å². The van der Waals surface area contributed by atoms with Crippen molar-refractivity contribution in [2.45, 2.75) is 6.54 Å². The standard InChI is InChI=1S/C5H6BrNS.ClH/c6-5-4(3-7)1-2-8-5;/h1-2H,3,7H2;1H. The number of hydrogen-bond acceptors (Lipinski definition) is 2. The lowest BCUT2D eigenvalue weighted by molar-refractivity contribution is 1.08. The van der Waals surface area contributed by atoms with Gasteiger partial charge in [0.05, 0.1) is 3.79 Å². The van der Waals surface area contributed by atoms with Crippen LogP contribution < -0.4 is 5.73 Å². The highest BCUT2D eigenvalue weighted by Crippen LogP contribution is 2.22. The predicted octanol–water partition coefficient (Wildman–Crippen LogP) is 2.39. The van der Waals surface area contributed by atoms with Crippen LogP contribution in [-0.4, -0.2) is 0 Å². The van der Waals surface area contributed by atoms with Crippen LogP contribution in [0.1, 0.15) is 5.56 Å². The first-order valence-electron chi connectivity index (χ1n) is 2.26. The fourth-order valence-electron chi connectivity index (χ4n) is 0.465. The molecule has 0 amide bonds. The van der Waals surface area contributed by atoms with E-state index in [9.17, 15) is 0 Å². The van der Waals surface area contributed by atoms with Gasteiger partial charge in [0, 0.05) is 6.54 Å². The molecule has 0 bridgehead atoms. The van der Waals surface area contributed by atoms with Gasteiger partial charge in [-0.1, -0.05) is 0 Å². The van der Waals surface area contributed by atoms with E-state index in [1.807, 2.05) is 11.4 Å². The van der Waals surface area contributed by atoms with Crippen molar-refractivity contribution in [1.29, 1.82) is 0 Å². The highest BCUT2D eigenvalue weighted by molar-refractivity contribution is 9.11. The molecule has 1 heterocycles. The van der Waals surface area contributed by atoms with Gasteiger partial charge in [0.15, 0.2) is 0 Å². The van der Waals surface area contributed by atoms with Crippen LogP contribution in [0.2, 0.25) is 0 Å². The third-order valence-corrected chi connectivity index (χ3v) is 2.72. The van der Waals surface area contributed by atoms with Gasteiger partial charge in [-0.3, -0.25) is 0 Å². The quantitative estimate of drug-likeness (QED) is 0.785. The van der Waals surface area contributed by atoms with Gasteiger partial charge in [-0.25, -0.2) is 0 Å². The maximum absolute atomic E-state index is 5.37. The Bertz CT molecular complexity index is 177. The van der Waals surface area contributed by atoms with Crippen molar-refractivity contribution in [2.24, 2.45) is 5.73 Å². The molecule has 52 valence electrons. The second-order valence-electron chi connectivity index (χ2n) is 1.42. The zero-order valence-corrected chi connectivity index (χ0v) is 7.85. The molecule has 1 nitrogen and oxygen atoms in total. The van der Waals surface area contributed by atoms with E-state index in [1.165, 1.54) is 5.56 Å². The molecule has 0 aliphatic heterocycles. The number of nitrogens with two attached hydrogens (primary N) is 1. The predicted molar refractivity (Wildman–Crippen MR) is 47.2 cm³/mol. The average molecular weight is 229 g/mol. The average Bonchev–Trinajstić information content (AvgIpc) is 2.14. The normalized spacial score (nSPS) is 8.67. The summed E-state index contributed by atoms with van der Waals surface area (Å²) in [6.07, 6.45) is 0. The molecule has 2 N–H and O–H groups in total. The van der Waals surface area contributed by atoms with E-state index in [1.54, 1.807) is 11.3 Å². The summed E-state index contributed by atoms with van der Waals surface area (Å²) < 4.78 is 1.15. The summed E-state index contributed by atoms with van der Waals surface area (Å²) in [6.45, 7) is 0.629. The maximum Gasteiger partial charge on any atom is 0.0743 e. The van der Waals surface area contributed by atoms with E-state index in [4.69, 9.17) is 5.73 Å². The lowest BCUT2D eigenvalue weighted by atomic mass is 10.4. The molecule has 0 atom stereocenters. The number of halogens is 2. The Morgan fingerprint density at radius 1 is 1.67 bits per heavy atom. The second kappa shape index (κ2) is 4.28. The Kier molecular flexibility index (Phi) is 4.48. The van der Waals surface area contributed by atoms with Crippen molar-refractivity contribution in [3.63, 3.8) is 0 Å². The molecule has 0 aliphatic carbocycles. The highest BCUT2D eigenvalue weighted by atomic mass is 79.9. The summed E-state index contributed by atoms with van der Waals surface area (Å²) in [6, 6.07) is 2.02. The molecule has 1 aromatic heterocycles. The van der Waals surface area contributed by atoms with Crippen molar-refractivity contribution >= 4 is 39.7 Å². The van der Waals surface area contributed by atoms with Crippen LogP contribution in [0.25, 0.3) is 0 Å². The molecule has 0 aliphatic rings. The van der Waals surface area contributed by atoms with Crippen molar-refractivity contribution in [3.8, 4) is 0 Å². The van der Waals surface area contributed by atoms with E-state index in [0.29, 0.717) is 6.54 Å². The van der Waals surface area contributed by atoms with Crippen LogP contribution in [0.5, 0.6) is 0 Å². The molecule has 0 fully saturated rings. The fourth-order valence-corrected chi connectivity index (χ4v) is 1.74. The molecule has 0 saturated carbocycles. The Balaban J connectivity index is 0.000000640. The van der Waals surface area contributed by atoms with Gasteiger partial charge in [-0.15, -0.1) is 23.7 Å². The SMILES string of the molecule is Cl.NCc1ccsc1Br. The second-order valence-corrected chi connectivity index (χ2v) is 3.66. The first-order valence-corrected chi connectivity index (χ1v) is 3.94. The van der Waals surface area contributed by atoms with Crippen LogP contribution in [0.4, 0.5) is 0 Å². The van der Waals surface area contributed by atoms with E-state index in [-0.39, 0.29) is 12.4 Å². The first kappa shape index (κ1) is 9.43. The van der Waals surface area contributed by atoms with Crippen LogP contribution in [0.3, 0.4) is 0 Å². The van der Waals surface area contributed by atoms with Gasteiger partial charge in [-0.05, 0) is 32.9 Å². The topological polar surface area (TPSA) is 26.0 Å². The minimum Gasteiger partial charge on any atom is -0.326 e. The van der Waals surface area contributed by atoms with Gasteiger partial charge in [-0.2, -0.15) is 0 Å². The molecule has 0 aromatic carbocycles. The number of rotatable bonds is 1. The molecule has 4 heteroatoms. The van der Waals surface area contributed by atoms with E-state index >= 15 is 0 Å². The summed E-state index contributed by atoms with van der Waals surface area (Å²) in [5.74, 6) is 0. The Hall–Kier alpha value is 0.430. The molecule has 9 heavy (non-hydrogen) atoms. The Morgan fingerprint density at radius 2 is 2.33 bits per heavy atom. The van der Waals surface area contributed by atoms with Gasteiger partial charge in [0.1, 0.15) is 0 Å². The number of thiophene rings is 1. The van der Waals surface area contributed by atoms with E-state index < -0.39 is 0 Å². The minimum absolute atomic E-state index is 0. The van der Waals surface area contributed by atoms with Crippen molar-refractivity contribution < 1.29 is 0 Å². The third-order valence-electron chi connectivity index (χ3n) is 0.913. The van der Waals surface area contributed by atoms with Crippen LogP contribution in [-0.2, 0) is 6.54 Å². The summed E-state index contributed by atoms with van der Waals surface area (Å²) in [7, 11) is 0. The molecule has 0 radical (unpaired) electrons. The van der Waals surface area contributed by atoms with Gasteiger partial charge in [0.2, 0.25) is 0 Å². The van der Waals surface area contributed by atoms with E-state index in [0.717, 1.165) is 3.79 Å². The lowest BCUT2D eigenvalue weighted by Gasteiger charge is -1.86.